The van der Waals surface area contributed by atoms with Crippen molar-refractivity contribution in [3.05, 3.63) is 53.0 Å². The molecule has 9 nitrogen and oxygen atoms in total. The molecular formula is C32H38ClFN8O. The number of hydrogen-bond acceptors (Lipinski definition) is 7. The summed E-state index contributed by atoms with van der Waals surface area (Å²) in [7, 11) is 4.11. The zero-order chi connectivity index (χ0) is 30.7. The molecule has 0 bridgehead atoms. The number of H-pyrrole nitrogens is 1. The summed E-state index contributed by atoms with van der Waals surface area (Å²) < 4.78 is 17.1. The third-order valence-electron chi connectivity index (χ3n) is 9.04. The standard InChI is InChI=1S/C32H38ClFN8O/c1-8-23-28-24(38-37-23)11-10-17(3)26(28)27-22(33)12-21-30(29(27)34)35-32(40-15-20(16-40)39(6)7)36-31(21)42-14-18(4)41(13-19(42)5)25(43)9-2/h9-12,18-20H,2,8,13-16H2,1,3-7H3,(H,37,38)/t18-,19+/m1/s1. The highest BCUT2D eigenvalue weighted by molar-refractivity contribution is 6.35. The summed E-state index contributed by atoms with van der Waals surface area (Å²) in [6, 6.07) is 5.93. The number of halogens is 2. The van der Waals surface area contributed by atoms with Gasteiger partial charge in [-0.05, 0) is 65.1 Å². The number of nitrogens with one attached hydrogen (secondary N) is 1. The molecule has 0 radical (unpaired) electrons. The lowest BCUT2D eigenvalue weighted by atomic mass is 9.93. The van der Waals surface area contributed by atoms with Crippen molar-refractivity contribution in [2.24, 2.45) is 0 Å². The second-order valence-electron chi connectivity index (χ2n) is 12.1. The first-order valence-electron chi connectivity index (χ1n) is 14.8. The van der Waals surface area contributed by atoms with Crippen LogP contribution in [0.1, 0.15) is 32.0 Å². The SMILES string of the molecule is C=CC(=O)N1C[C@H](C)N(c2nc(N3CC(N(C)C)C3)nc3c(F)c(-c4c(C)ccc5[nH]nc(CC)c45)c(Cl)cc23)C[C@H]1C. The maximum absolute atomic E-state index is 17.1. The minimum atomic E-state index is -0.475. The third kappa shape index (κ3) is 4.80. The Kier molecular flexibility index (Phi) is 7.54. The van der Waals surface area contributed by atoms with Crippen LogP contribution in [0.3, 0.4) is 0 Å². The van der Waals surface area contributed by atoms with Crippen LogP contribution in [0.25, 0.3) is 32.9 Å². The number of aromatic nitrogens is 4. The van der Waals surface area contributed by atoms with E-state index in [1.54, 1.807) is 6.07 Å². The van der Waals surface area contributed by atoms with Crippen LogP contribution < -0.4 is 9.80 Å². The second-order valence-corrected chi connectivity index (χ2v) is 12.5. The van der Waals surface area contributed by atoms with Gasteiger partial charge in [-0.3, -0.25) is 9.89 Å². The number of nitrogens with zero attached hydrogens (tertiary/aromatic N) is 7. The lowest BCUT2D eigenvalue weighted by molar-refractivity contribution is -0.128. The molecule has 11 heteroatoms. The van der Waals surface area contributed by atoms with Gasteiger partial charge in [0.25, 0.3) is 0 Å². The van der Waals surface area contributed by atoms with E-state index in [0.29, 0.717) is 53.3 Å². The van der Waals surface area contributed by atoms with Crippen LogP contribution in [-0.4, -0.2) is 94.3 Å². The van der Waals surface area contributed by atoms with Crippen molar-refractivity contribution in [3.63, 3.8) is 0 Å². The third-order valence-corrected chi connectivity index (χ3v) is 9.34. The van der Waals surface area contributed by atoms with Gasteiger partial charge in [0.2, 0.25) is 11.9 Å². The number of aromatic amines is 1. The van der Waals surface area contributed by atoms with Gasteiger partial charge in [-0.15, -0.1) is 0 Å². The van der Waals surface area contributed by atoms with Crippen molar-refractivity contribution < 1.29 is 9.18 Å². The summed E-state index contributed by atoms with van der Waals surface area (Å²) in [5.74, 6) is 0.538. The fourth-order valence-electron chi connectivity index (χ4n) is 6.41. The molecule has 226 valence electrons. The fraction of sp³-hybridized carbons (Fsp3) is 0.438. The Hall–Kier alpha value is -3.76. The highest BCUT2D eigenvalue weighted by atomic mass is 35.5. The maximum atomic E-state index is 17.1. The molecule has 2 saturated heterocycles. The summed E-state index contributed by atoms with van der Waals surface area (Å²) in [6.07, 6.45) is 2.05. The molecule has 2 fully saturated rings. The average molecular weight is 605 g/mol. The molecule has 0 unspecified atom stereocenters. The van der Waals surface area contributed by atoms with Gasteiger partial charge in [0.1, 0.15) is 11.3 Å². The lowest BCUT2D eigenvalue weighted by Gasteiger charge is -2.45. The molecule has 2 aliphatic heterocycles. The van der Waals surface area contributed by atoms with Crippen molar-refractivity contribution in [2.75, 3.05) is 50.1 Å². The monoisotopic (exact) mass is 604 g/mol. The number of piperazine rings is 1. The van der Waals surface area contributed by atoms with E-state index in [9.17, 15) is 4.79 Å². The molecule has 0 saturated carbocycles. The molecule has 1 N–H and O–H groups in total. The predicted molar refractivity (Wildman–Crippen MR) is 172 cm³/mol. The molecule has 4 heterocycles. The van der Waals surface area contributed by atoms with Gasteiger partial charge in [-0.25, -0.2) is 9.37 Å². The quantitative estimate of drug-likeness (QED) is 0.303. The predicted octanol–water partition coefficient (Wildman–Crippen LogP) is 5.20. The topological polar surface area (TPSA) is 84.5 Å². The van der Waals surface area contributed by atoms with Crippen LogP contribution in [0.4, 0.5) is 16.2 Å². The molecule has 0 aliphatic carbocycles. The minimum absolute atomic E-state index is 0.0764. The Morgan fingerprint density at radius 2 is 1.91 bits per heavy atom. The van der Waals surface area contributed by atoms with Crippen LogP contribution >= 0.6 is 11.6 Å². The van der Waals surface area contributed by atoms with Crippen LogP contribution in [0.15, 0.2) is 30.9 Å². The Labute approximate surface area is 256 Å². The summed E-state index contributed by atoms with van der Waals surface area (Å²) >= 11 is 7.01. The number of aryl methyl sites for hydroxylation is 2. The molecule has 4 aromatic rings. The van der Waals surface area contributed by atoms with Gasteiger partial charge in [-0.1, -0.05) is 31.2 Å². The zero-order valence-corrected chi connectivity index (χ0v) is 26.3. The van der Waals surface area contributed by atoms with Gasteiger partial charge in [-0.2, -0.15) is 10.1 Å². The smallest absolute Gasteiger partial charge is 0.246 e. The second kappa shape index (κ2) is 11.1. The normalized spacial score (nSPS) is 19.5. The van der Waals surface area contributed by atoms with Crippen LogP contribution in [0, 0.1) is 12.7 Å². The largest absolute Gasteiger partial charge is 0.349 e. The average Bonchev–Trinajstić information content (AvgIpc) is 3.37. The molecule has 2 aromatic heterocycles. The number of fused-ring (bicyclic) bond motifs is 2. The van der Waals surface area contributed by atoms with E-state index in [1.807, 2.05) is 37.8 Å². The van der Waals surface area contributed by atoms with E-state index >= 15 is 4.39 Å². The fourth-order valence-corrected chi connectivity index (χ4v) is 6.70. The van der Waals surface area contributed by atoms with E-state index in [-0.39, 0.29) is 23.5 Å². The van der Waals surface area contributed by atoms with E-state index < -0.39 is 5.82 Å². The van der Waals surface area contributed by atoms with Gasteiger partial charge >= 0.3 is 0 Å². The maximum Gasteiger partial charge on any atom is 0.246 e. The number of hydrogen-bond donors (Lipinski definition) is 1. The van der Waals surface area contributed by atoms with Gasteiger partial charge in [0.05, 0.1) is 16.2 Å². The zero-order valence-electron chi connectivity index (χ0n) is 25.6. The molecule has 0 spiro atoms. The molecule has 2 aromatic carbocycles. The first-order chi connectivity index (χ1) is 20.5. The van der Waals surface area contributed by atoms with E-state index in [4.69, 9.17) is 21.6 Å². The molecule has 6 rings (SSSR count). The van der Waals surface area contributed by atoms with Gasteiger partial charge < -0.3 is 19.6 Å². The first kappa shape index (κ1) is 29.3. The number of carbonyl (C=O) groups is 1. The number of rotatable bonds is 6. The summed E-state index contributed by atoms with van der Waals surface area (Å²) in [4.78, 5) is 30.7. The minimum Gasteiger partial charge on any atom is -0.349 e. The van der Waals surface area contributed by atoms with Crippen molar-refractivity contribution in [1.82, 2.24) is 30.0 Å². The number of anilines is 2. The summed E-state index contributed by atoms with van der Waals surface area (Å²) in [5.41, 5.74) is 3.88. The molecular weight excluding hydrogens is 567 g/mol. The summed E-state index contributed by atoms with van der Waals surface area (Å²) in [5, 5.41) is 9.29. The number of carbonyl (C=O) groups excluding carboxylic acids is 1. The van der Waals surface area contributed by atoms with E-state index in [2.05, 4.69) is 52.5 Å². The van der Waals surface area contributed by atoms with Crippen molar-refractivity contribution in [3.8, 4) is 11.1 Å². The van der Waals surface area contributed by atoms with Gasteiger partial charge in [0, 0.05) is 66.2 Å². The number of amides is 1. The van der Waals surface area contributed by atoms with E-state index in [1.165, 1.54) is 6.08 Å². The van der Waals surface area contributed by atoms with Gasteiger partial charge in [0.15, 0.2) is 5.82 Å². The highest BCUT2D eigenvalue weighted by Gasteiger charge is 2.36. The highest BCUT2D eigenvalue weighted by Crippen LogP contribution is 2.44. The van der Waals surface area contributed by atoms with E-state index in [0.717, 1.165) is 40.8 Å². The number of likely N-dealkylation sites (N-methyl/N-ethyl adjacent to an activating group) is 1. The first-order valence-corrected chi connectivity index (χ1v) is 15.2. The molecule has 1 amide bonds. The Bertz CT molecular complexity index is 1750. The molecule has 2 atom stereocenters. The van der Waals surface area contributed by atoms with Crippen molar-refractivity contribution in [2.45, 2.75) is 52.2 Å². The Morgan fingerprint density at radius 1 is 1.16 bits per heavy atom. The van der Waals surface area contributed by atoms with Crippen LogP contribution in [0.5, 0.6) is 0 Å². The van der Waals surface area contributed by atoms with Crippen LogP contribution in [0.2, 0.25) is 5.02 Å². The number of benzene rings is 2. The Balaban J connectivity index is 1.56. The lowest BCUT2D eigenvalue weighted by Crippen LogP contribution is -2.59. The molecule has 2 aliphatic rings. The van der Waals surface area contributed by atoms with Crippen molar-refractivity contribution >= 4 is 51.1 Å². The molecule has 43 heavy (non-hydrogen) atoms. The van der Waals surface area contributed by atoms with Crippen molar-refractivity contribution in [1.29, 1.82) is 0 Å². The summed E-state index contributed by atoms with van der Waals surface area (Å²) in [6.45, 7) is 14.2. The van der Waals surface area contributed by atoms with Crippen LogP contribution in [-0.2, 0) is 11.2 Å². The Morgan fingerprint density at radius 3 is 2.58 bits per heavy atom.